The summed E-state index contributed by atoms with van der Waals surface area (Å²) < 4.78 is 23.8. The Hall–Kier alpha value is -14.7. The van der Waals surface area contributed by atoms with Crippen molar-refractivity contribution in [1.29, 1.82) is 0 Å². The van der Waals surface area contributed by atoms with Gasteiger partial charge in [0.05, 0.1) is 89.8 Å². The number of pyridine rings is 10. The van der Waals surface area contributed by atoms with Crippen LogP contribution in [-0.2, 0) is 35.2 Å². The fourth-order valence-electron chi connectivity index (χ4n) is 22.5. The van der Waals surface area contributed by atoms with Gasteiger partial charge in [0.25, 0.3) is 28.2 Å². The summed E-state index contributed by atoms with van der Waals surface area (Å²) in [6.45, 7) is 44.0. The lowest BCUT2D eigenvalue weighted by molar-refractivity contribution is -0.617. The summed E-state index contributed by atoms with van der Waals surface area (Å²) in [5.41, 5.74) is 48.8. The molecule has 15 heterocycles. The van der Waals surface area contributed by atoms with Crippen LogP contribution in [0.5, 0.6) is 0 Å². The molecule has 0 fully saturated rings. The minimum Gasteiger partial charge on any atom is -0.252 e. The standard InChI is InChI=1S/5C24H24N3/c1-14(2)17-9-8-10-18-22-21(15(3)13-16(4)25-22)24-26(5)19-11-6-7-12-20(19)27(24)23(17)18;1-14(2)17-10-8-12-20-23(17)27-19-11-7-6-9-18(19)22-21(24(27)26(20)5)15(3)13-16(4)25-22;1-14(2)17-10-11-18-21(13-17)27-20-9-7-6-8-19(20)26(5)24(27)22-15(3)12-16(4)25-23(18)22;1-14(2)17-10-11-20-21(13-17)26(5)24-22-15(3)12-16(4)25-23(22)18-8-6-7-9-19(18)27(20)24;1-14(2)17-10-11-20-21(13-17)27-19-9-7-6-8-18(19)23-22(24(27)26(20)5)15(3)12-16(4)25-23/h5*6-14H,1-5H3/q5*+1. The lowest BCUT2D eigenvalue weighted by Crippen LogP contribution is -2.27. The first-order chi connectivity index (χ1) is 64.9. The highest BCUT2D eigenvalue weighted by Gasteiger charge is 2.34. The van der Waals surface area contributed by atoms with E-state index in [1.807, 2.05) is 0 Å². The molecule has 25 rings (SSSR count). The predicted octanol–water partition coefficient (Wildman–Crippen LogP) is 26.8. The molecule has 0 aliphatic rings. The van der Waals surface area contributed by atoms with Crippen molar-refractivity contribution >= 4 is 192 Å². The van der Waals surface area contributed by atoms with Crippen molar-refractivity contribution in [1.82, 2.24) is 47.1 Å². The van der Waals surface area contributed by atoms with E-state index in [9.17, 15) is 0 Å². The lowest BCUT2D eigenvalue weighted by Gasteiger charge is -2.12. The zero-order valence-electron chi connectivity index (χ0n) is 82.7. The monoisotopic (exact) mass is 1770 g/mol. The van der Waals surface area contributed by atoms with Crippen LogP contribution < -0.4 is 22.7 Å². The third-order valence-corrected chi connectivity index (χ3v) is 28.8. The summed E-state index contributed by atoms with van der Waals surface area (Å²) in [4.78, 5) is 24.8. The molecule has 0 radical (unpaired) electrons. The van der Waals surface area contributed by atoms with E-state index < -0.39 is 0 Å². The van der Waals surface area contributed by atoms with Crippen LogP contribution in [0.25, 0.3) is 192 Å². The average Bonchev–Trinajstić information content (AvgIpc) is 1.60. The van der Waals surface area contributed by atoms with E-state index in [0.717, 1.165) is 56.1 Å². The fraction of sp³-hybridized carbons (Fsp3) is 0.250. The van der Waals surface area contributed by atoms with Gasteiger partial charge in [0.2, 0.25) is 0 Å². The molecular formula is C120H120N15+5. The number of aryl methyl sites for hydroxylation is 15. The molecule has 0 bridgehead atoms. The minimum atomic E-state index is 0.437. The number of hydrogen-bond acceptors (Lipinski definition) is 5. The maximum atomic E-state index is 5.00. The smallest absolute Gasteiger partial charge is 0.252 e. The second kappa shape index (κ2) is 32.9. The largest absolute Gasteiger partial charge is 0.297 e. The molecule has 0 N–H and O–H groups in total. The Morgan fingerprint density at radius 1 is 0.230 bits per heavy atom. The van der Waals surface area contributed by atoms with E-state index in [2.05, 4.69) is 461 Å². The quantitative estimate of drug-likeness (QED) is 0.126. The first kappa shape index (κ1) is 87.0. The summed E-state index contributed by atoms with van der Waals surface area (Å²) in [7, 11) is 10.8. The molecule has 0 aliphatic heterocycles. The number of rotatable bonds is 5. The molecule has 15 nitrogen and oxygen atoms in total. The Kier molecular flexibility index (Phi) is 21.2. The van der Waals surface area contributed by atoms with E-state index in [1.165, 1.54) is 220 Å². The molecule has 15 aromatic heterocycles. The third kappa shape index (κ3) is 13.6. The Morgan fingerprint density at radius 3 is 1.00 bits per heavy atom. The number of hydrogen-bond donors (Lipinski definition) is 0. The average molecular weight is 1770 g/mol. The molecule has 0 atom stereocenters. The van der Waals surface area contributed by atoms with Crippen LogP contribution in [0, 0.1) is 69.2 Å². The second-order valence-corrected chi connectivity index (χ2v) is 39.6. The van der Waals surface area contributed by atoms with Crippen LogP contribution in [0.4, 0.5) is 0 Å². The van der Waals surface area contributed by atoms with Crippen molar-refractivity contribution < 1.29 is 22.7 Å². The maximum Gasteiger partial charge on any atom is 0.297 e. The highest BCUT2D eigenvalue weighted by atomic mass is 15.2. The maximum absolute atomic E-state index is 5.00. The van der Waals surface area contributed by atoms with Gasteiger partial charge in [-0.15, -0.1) is 0 Å². The molecule has 0 amide bonds. The molecule has 0 unspecified atom stereocenters. The van der Waals surface area contributed by atoms with E-state index in [1.54, 1.807) is 0 Å². The Labute approximate surface area is 787 Å². The van der Waals surface area contributed by atoms with Crippen LogP contribution in [-0.4, -0.2) is 47.1 Å². The topological polar surface area (TPSA) is 107 Å². The molecular weight excluding hydrogens is 1650 g/mol. The Morgan fingerprint density at radius 2 is 0.533 bits per heavy atom. The zero-order chi connectivity index (χ0) is 94.3. The molecule has 0 saturated heterocycles. The fourth-order valence-corrected chi connectivity index (χ4v) is 22.5. The summed E-state index contributed by atoms with van der Waals surface area (Å²) in [6, 6.07) is 88.1. The number of aromatic nitrogens is 15. The summed E-state index contributed by atoms with van der Waals surface area (Å²) in [5.74, 6) is 2.40. The molecule has 670 valence electrons. The molecule has 0 spiro atoms. The molecule has 0 aliphatic carbocycles. The number of benzene rings is 10. The number of para-hydroxylation sites is 9. The van der Waals surface area contributed by atoms with Crippen molar-refractivity contribution in [3.63, 3.8) is 0 Å². The number of imidazole rings is 5. The molecule has 0 saturated carbocycles. The van der Waals surface area contributed by atoms with E-state index in [-0.39, 0.29) is 0 Å². The SMILES string of the molecule is Cc1cc(C)c2c(n1)c1ccc(C(C)C)cc1n1c3ccccc3[n+](C)c21.Cc1cc(C)c2c(n1)c1cccc(C(C)C)c1n1c3ccccc3[n+](C)c21.Cc1cc(C)c2c(n1)c1ccccc1[n+]1c3ccc(C(C)C)cc3n(C)c21.Cc1cc(C)c2c(n1)c1ccccc1n1c3c(C(C)C)cccc3[n+](C)c21.Cc1cc(C)c2c(n1)c1ccccc1n1c3cc(C(C)C)ccc3[n+](C)c21. The predicted molar refractivity (Wildman–Crippen MR) is 562 cm³/mol. The van der Waals surface area contributed by atoms with Crippen LogP contribution >= 0.6 is 0 Å². The molecule has 25 aromatic rings. The van der Waals surface area contributed by atoms with Crippen molar-refractivity contribution in [2.75, 3.05) is 0 Å². The van der Waals surface area contributed by atoms with Gasteiger partial charge in [-0.25, -0.2) is 22.8 Å². The molecule has 10 aromatic carbocycles. The minimum absolute atomic E-state index is 0.437. The van der Waals surface area contributed by atoms with Gasteiger partial charge in [-0.3, -0.25) is 24.9 Å². The van der Waals surface area contributed by atoms with E-state index in [0.29, 0.717) is 29.6 Å². The number of nitrogens with zero attached hydrogens (tertiary/aromatic N) is 15. The Bertz CT molecular complexity index is 9260. The van der Waals surface area contributed by atoms with Crippen LogP contribution in [0.1, 0.15) is 183 Å². The van der Waals surface area contributed by atoms with Gasteiger partial charge in [-0.2, -0.15) is 22.0 Å². The van der Waals surface area contributed by atoms with Gasteiger partial charge < -0.3 is 0 Å². The van der Waals surface area contributed by atoms with Crippen molar-refractivity contribution in [2.24, 2.45) is 35.2 Å². The first-order valence-electron chi connectivity index (χ1n) is 48.0. The van der Waals surface area contributed by atoms with Gasteiger partial charge in [0.1, 0.15) is 27.6 Å². The lowest BCUT2D eigenvalue weighted by atomic mass is 9.97. The molecule has 135 heavy (non-hydrogen) atoms. The third-order valence-electron chi connectivity index (χ3n) is 28.8. The van der Waals surface area contributed by atoms with Gasteiger partial charge in [0.15, 0.2) is 55.2 Å². The molecule has 15 heteroatoms. The number of fused-ring (bicyclic) bond motifs is 40. The summed E-state index contributed by atoms with van der Waals surface area (Å²) in [6.07, 6.45) is 0. The van der Waals surface area contributed by atoms with Crippen LogP contribution in [0.3, 0.4) is 0 Å². The second-order valence-electron chi connectivity index (χ2n) is 39.6. The van der Waals surface area contributed by atoms with Gasteiger partial charge in [0, 0.05) is 66.5 Å². The highest BCUT2D eigenvalue weighted by molar-refractivity contribution is 6.17. The van der Waals surface area contributed by atoms with Crippen LogP contribution in [0.2, 0.25) is 0 Å². The summed E-state index contributed by atoms with van der Waals surface area (Å²) in [5, 5.41) is 12.3. The van der Waals surface area contributed by atoms with Crippen molar-refractivity contribution in [3.8, 4) is 0 Å². The summed E-state index contributed by atoms with van der Waals surface area (Å²) >= 11 is 0. The van der Waals surface area contributed by atoms with Crippen LogP contribution in [0.15, 0.2) is 243 Å². The van der Waals surface area contributed by atoms with Crippen molar-refractivity contribution in [2.45, 2.75) is 168 Å². The van der Waals surface area contributed by atoms with Gasteiger partial charge in [-0.05, 0) is 283 Å². The van der Waals surface area contributed by atoms with E-state index in [4.69, 9.17) is 24.9 Å². The highest BCUT2D eigenvalue weighted by Crippen LogP contribution is 2.42. The zero-order valence-corrected chi connectivity index (χ0v) is 82.7. The van der Waals surface area contributed by atoms with Crippen molar-refractivity contribution in [3.05, 3.63) is 327 Å². The normalized spacial score (nSPS) is 12.2. The van der Waals surface area contributed by atoms with Gasteiger partial charge in [-0.1, -0.05) is 172 Å². The van der Waals surface area contributed by atoms with E-state index >= 15 is 0 Å². The van der Waals surface area contributed by atoms with Gasteiger partial charge >= 0.3 is 0 Å². The first-order valence-corrected chi connectivity index (χ1v) is 48.0. The Balaban J connectivity index is 0.000000101.